The van der Waals surface area contributed by atoms with Gasteiger partial charge in [0.05, 0.1) is 15.6 Å². The Balaban J connectivity index is 1.75. The summed E-state index contributed by atoms with van der Waals surface area (Å²) in [7, 11) is 0. The molecule has 5 nitrogen and oxygen atoms in total. The number of hydrogen-bond acceptors (Lipinski definition) is 5. The van der Waals surface area contributed by atoms with Gasteiger partial charge in [-0.1, -0.05) is 6.07 Å². The topological polar surface area (TPSA) is 71.1 Å². The zero-order valence-corrected chi connectivity index (χ0v) is 12.9. The molecule has 0 unspecified atom stereocenters. The molecule has 0 aliphatic heterocycles. The van der Waals surface area contributed by atoms with Crippen molar-refractivity contribution in [2.75, 3.05) is 13.1 Å². The minimum atomic E-state index is -0.140. The van der Waals surface area contributed by atoms with E-state index < -0.39 is 0 Å². The van der Waals surface area contributed by atoms with Crippen LogP contribution in [-0.2, 0) is 0 Å². The third kappa shape index (κ3) is 3.64. The molecule has 0 aromatic carbocycles. The van der Waals surface area contributed by atoms with Gasteiger partial charge < -0.3 is 10.6 Å². The zero-order valence-electron chi connectivity index (χ0n) is 11.2. The van der Waals surface area contributed by atoms with Crippen LogP contribution >= 0.6 is 22.7 Å². The highest BCUT2D eigenvalue weighted by Crippen LogP contribution is 2.16. The van der Waals surface area contributed by atoms with Crippen molar-refractivity contribution in [1.29, 1.82) is 0 Å². The minimum Gasteiger partial charge on any atom is -0.350 e. The van der Waals surface area contributed by atoms with E-state index in [1.807, 2.05) is 25.3 Å². The molecule has 0 spiro atoms. The SMILES string of the molecule is Cc1nc(C)c(C(=O)NCCNC(=O)c2cccs2)s1. The van der Waals surface area contributed by atoms with Crippen molar-refractivity contribution in [2.45, 2.75) is 13.8 Å². The molecule has 2 N–H and O–H groups in total. The van der Waals surface area contributed by atoms with Gasteiger partial charge in [-0.2, -0.15) is 0 Å². The molecule has 106 valence electrons. The third-order valence-corrected chi connectivity index (χ3v) is 4.49. The van der Waals surface area contributed by atoms with Crippen molar-refractivity contribution in [3.63, 3.8) is 0 Å². The number of aryl methyl sites for hydroxylation is 2. The number of aromatic nitrogens is 1. The third-order valence-electron chi connectivity index (χ3n) is 2.55. The zero-order chi connectivity index (χ0) is 14.5. The number of carbonyl (C=O) groups excluding carboxylic acids is 2. The van der Waals surface area contributed by atoms with Crippen molar-refractivity contribution in [1.82, 2.24) is 15.6 Å². The summed E-state index contributed by atoms with van der Waals surface area (Å²) in [5.74, 6) is -0.252. The van der Waals surface area contributed by atoms with E-state index in [0.29, 0.717) is 22.8 Å². The van der Waals surface area contributed by atoms with Crippen molar-refractivity contribution < 1.29 is 9.59 Å². The Bertz CT molecular complexity index is 605. The largest absolute Gasteiger partial charge is 0.350 e. The van der Waals surface area contributed by atoms with Crippen molar-refractivity contribution >= 4 is 34.5 Å². The summed E-state index contributed by atoms with van der Waals surface area (Å²) >= 11 is 2.77. The van der Waals surface area contributed by atoms with Crippen LogP contribution in [0, 0.1) is 13.8 Å². The molecule has 2 heterocycles. The van der Waals surface area contributed by atoms with Gasteiger partial charge in [-0.3, -0.25) is 9.59 Å². The second-order valence-corrected chi connectivity index (χ2v) is 6.29. The lowest BCUT2D eigenvalue weighted by Crippen LogP contribution is -2.34. The number of rotatable bonds is 5. The molecule has 0 saturated carbocycles. The van der Waals surface area contributed by atoms with Crippen LogP contribution in [0.4, 0.5) is 0 Å². The first-order valence-electron chi connectivity index (χ1n) is 6.12. The molecule has 0 bridgehead atoms. The Labute approximate surface area is 125 Å². The summed E-state index contributed by atoms with van der Waals surface area (Å²) in [6, 6.07) is 3.60. The Morgan fingerprint density at radius 3 is 2.45 bits per heavy atom. The van der Waals surface area contributed by atoms with Gasteiger partial charge in [-0.05, 0) is 25.3 Å². The number of carbonyl (C=O) groups is 2. The molecule has 2 aromatic heterocycles. The standard InChI is InChI=1S/C13H15N3O2S2/c1-8-11(20-9(2)16-8)13(18)15-6-5-14-12(17)10-4-3-7-19-10/h3-4,7H,5-6H2,1-2H3,(H,14,17)(H,15,18). The summed E-state index contributed by atoms with van der Waals surface area (Å²) in [5.41, 5.74) is 0.743. The van der Waals surface area contributed by atoms with Gasteiger partial charge in [0, 0.05) is 13.1 Å². The first-order valence-corrected chi connectivity index (χ1v) is 7.81. The summed E-state index contributed by atoms with van der Waals surface area (Å²) in [5, 5.41) is 8.26. The van der Waals surface area contributed by atoms with Crippen LogP contribution in [0.1, 0.15) is 30.0 Å². The molecular weight excluding hydrogens is 294 g/mol. The Morgan fingerprint density at radius 2 is 1.90 bits per heavy atom. The van der Waals surface area contributed by atoms with E-state index in [1.54, 1.807) is 6.07 Å². The summed E-state index contributed by atoms with van der Waals surface area (Å²) in [6.45, 7) is 4.48. The van der Waals surface area contributed by atoms with Gasteiger partial charge in [0.15, 0.2) is 0 Å². The average molecular weight is 309 g/mol. The summed E-state index contributed by atoms with van der Waals surface area (Å²) < 4.78 is 0. The fraction of sp³-hybridized carbons (Fsp3) is 0.308. The molecule has 0 atom stereocenters. The number of nitrogens with zero attached hydrogens (tertiary/aromatic N) is 1. The maximum Gasteiger partial charge on any atom is 0.263 e. The quantitative estimate of drug-likeness (QED) is 0.830. The molecule has 0 saturated heterocycles. The van der Waals surface area contributed by atoms with E-state index >= 15 is 0 Å². The molecule has 20 heavy (non-hydrogen) atoms. The maximum absolute atomic E-state index is 11.9. The van der Waals surface area contributed by atoms with E-state index in [1.165, 1.54) is 22.7 Å². The fourth-order valence-corrected chi connectivity index (χ4v) is 3.15. The molecule has 2 aromatic rings. The fourth-order valence-electron chi connectivity index (χ4n) is 1.67. The Kier molecular flexibility index (Phi) is 4.86. The summed E-state index contributed by atoms with van der Waals surface area (Å²) in [4.78, 5) is 29.1. The van der Waals surface area contributed by atoms with Crippen LogP contribution in [-0.4, -0.2) is 29.9 Å². The monoisotopic (exact) mass is 309 g/mol. The second kappa shape index (κ2) is 6.62. The lowest BCUT2D eigenvalue weighted by atomic mass is 10.3. The van der Waals surface area contributed by atoms with Crippen LogP contribution in [0.3, 0.4) is 0 Å². The van der Waals surface area contributed by atoms with E-state index in [9.17, 15) is 9.59 Å². The Morgan fingerprint density at radius 1 is 1.20 bits per heavy atom. The smallest absolute Gasteiger partial charge is 0.263 e. The van der Waals surface area contributed by atoms with Crippen molar-refractivity contribution in [3.05, 3.63) is 38.0 Å². The van der Waals surface area contributed by atoms with Crippen LogP contribution in [0.15, 0.2) is 17.5 Å². The molecule has 0 aliphatic carbocycles. The van der Waals surface area contributed by atoms with Gasteiger partial charge in [0.2, 0.25) is 0 Å². The van der Waals surface area contributed by atoms with Crippen molar-refractivity contribution in [2.24, 2.45) is 0 Å². The van der Waals surface area contributed by atoms with E-state index in [4.69, 9.17) is 0 Å². The van der Waals surface area contributed by atoms with E-state index in [0.717, 1.165) is 10.7 Å². The number of nitrogens with one attached hydrogen (secondary N) is 2. The number of amides is 2. The highest BCUT2D eigenvalue weighted by molar-refractivity contribution is 7.13. The highest BCUT2D eigenvalue weighted by atomic mass is 32.1. The molecule has 2 rings (SSSR count). The predicted octanol–water partition coefficient (Wildman–Crippen LogP) is 1.98. The van der Waals surface area contributed by atoms with Gasteiger partial charge in [0.1, 0.15) is 4.88 Å². The molecule has 0 fully saturated rings. The van der Waals surface area contributed by atoms with Crippen molar-refractivity contribution in [3.8, 4) is 0 Å². The van der Waals surface area contributed by atoms with Crippen LogP contribution < -0.4 is 10.6 Å². The van der Waals surface area contributed by atoms with Gasteiger partial charge in [0.25, 0.3) is 11.8 Å². The van der Waals surface area contributed by atoms with Crippen LogP contribution in [0.2, 0.25) is 0 Å². The first kappa shape index (κ1) is 14.7. The van der Waals surface area contributed by atoms with Gasteiger partial charge in [-0.25, -0.2) is 4.98 Å². The molecular formula is C13H15N3O2S2. The van der Waals surface area contributed by atoms with Crippen LogP contribution in [0.25, 0.3) is 0 Å². The lowest BCUT2D eigenvalue weighted by Gasteiger charge is -2.05. The lowest BCUT2D eigenvalue weighted by molar-refractivity contribution is 0.0931. The van der Waals surface area contributed by atoms with Crippen LogP contribution in [0.5, 0.6) is 0 Å². The number of thiazole rings is 1. The van der Waals surface area contributed by atoms with E-state index in [2.05, 4.69) is 15.6 Å². The minimum absolute atomic E-state index is 0.112. The Hall–Kier alpha value is -1.73. The van der Waals surface area contributed by atoms with Gasteiger partial charge in [-0.15, -0.1) is 22.7 Å². The predicted molar refractivity (Wildman–Crippen MR) is 80.6 cm³/mol. The summed E-state index contributed by atoms with van der Waals surface area (Å²) in [6.07, 6.45) is 0. The number of thiophene rings is 1. The molecule has 0 aliphatic rings. The normalized spacial score (nSPS) is 10.3. The van der Waals surface area contributed by atoms with Gasteiger partial charge >= 0.3 is 0 Å². The maximum atomic E-state index is 11.9. The molecule has 2 amide bonds. The number of hydrogen-bond donors (Lipinski definition) is 2. The molecule has 0 radical (unpaired) electrons. The molecule has 7 heteroatoms. The van der Waals surface area contributed by atoms with E-state index in [-0.39, 0.29) is 11.8 Å². The highest BCUT2D eigenvalue weighted by Gasteiger charge is 2.13. The average Bonchev–Trinajstić information content (AvgIpc) is 3.03. The first-order chi connectivity index (χ1) is 9.58. The second-order valence-electron chi connectivity index (χ2n) is 4.14.